The first-order valence-electron chi connectivity index (χ1n) is 9.54. The van der Waals surface area contributed by atoms with Crippen LogP contribution in [0.2, 0.25) is 0 Å². The van der Waals surface area contributed by atoms with E-state index in [-0.39, 0.29) is 0 Å². The maximum atomic E-state index is 9.50. The molecule has 0 radical (unpaired) electrons. The molecule has 27 heavy (non-hydrogen) atoms. The van der Waals surface area contributed by atoms with E-state index in [1.54, 1.807) is 12.1 Å². The van der Waals surface area contributed by atoms with Gasteiger partial charge in [-0.15, -0.1) is 9.24 Å². The van der Waals surface area contributed by atoms with Gasteiger partial charge in [0.25, 0.3) is 0 Å². The quantitative estimate of drug-likeness (QED) is 0.400. The van der Waals surface area contributed by atoms with Crippen molar-refractivity contribution in [3.05, 3.63) is 82.9 Å². The fourth-order valence-electron chi connectivity index (χ4n) is 2.99. The second kappa shape index (κ2) is 10.1. The summed E-state index contributed by atoms with van der Waals surface area (Å²) >= 11 is 0. The van der Waals surface area contributed by atoms with Crippen LogP contribution in [0.15, 0.2) is 60.7 Å². The Labute approximate surface area is 166 Å². The van der Waals surface area contributed by atoms with Crippen molar-refractivity contribution in [2.75, 3.05) is 0 Å². The summed E-state index contributed by atoms with van der Waals surface area (Å²) in [5.41, 5.74) is 7.37. The van der Waals surface area contributed by atoms with Crippen molar-refractivity contribution < 1.29 is 5.11 Å². The highest BCUT2D eigenvalue weighted by atomic mass is 31.0. The lowest BCUT2D eigenvalue weighted by Gasteiger charge is -2.14. The fourth-order valence-corrected chi connectivity index (χ4v) is 3.62. The van der Waals surface area contributed by atoms with Gasteiger partial charge in [0.15, 0.2) is 0 Å². The Hall–Kier alpha value is -2.37. The molecule has 0 aliphatic carbocycles. The zero-order valence-corrected chi connectivity index (χ0v) is 17.8. The molecule has 0 saturated carbocycles. The number of benzene rings is 3. The van der Waals surface area contributed by atoms with Gasteiger partial charge < -0.3 is 5.11 Å². The largest absolute Gasteiger partial charge is 0.508 e. The van der Waals surface area contributed by atoms with Gasteiger partial charge in [-0.1, -0.05) is 87.0 Å². The molecule has 0 amide bonds. The van der Waals surface area contributed by atoms with Gasteiger partial charge in [-0.2, -0.15) is 0 Å². The van der Waals surface area contributed by atoms with Crippen LogP contribution in [-0.4, -0.2) is 5.11 Å². The van der Waals surface area contributed by atoms with Crippen LogP contribution < -0.4 is 5.30 Å². The van der Waals surface area contributed by atoms with E-state index in [1.807, 2.05) is 26.0 Å². The molecule has 1 unspecified atom stereocenters. The maximum absolute atomic E-state index is 9.50. The van der Waals surface area contributed by atoms with E-state index in [2.05, 4.69) is 71.6 Å². The third-order valence-electron chi connectivity index (χ3n) is 4.46. The number of hydrogen-bond acceptors (Lipinski definition) is 1. The average Bonchev–Trinajstić information content (AvgIpc) is 2.70. The molecule has 3 aromatic rings. The number of aromatic hydroxyl groups is 1. The molecule has 1 N–H and O–H groups in total. The maximum Gasteiger partial charge on any atom is 0.115 e. The van der Waals surface area contributed by atoms with Crippen molar-refractivity contribution in [2.24, 2.45) is 0 Å². The summed E-state index contributed by atoms with van der Waals surface area (Å²) in [6.45, 7) is 8.29. The zero-order valence-electron chi connectivity index (χ0n) is 16.7. The van der Waals surface area contributed by atoms with Crippen molar-refractivity contribution in [2.45, 2.75) is 34.1 Å². The first-order chi connectivity index (χ1) is 13.1. The van der Waals surface area contributed by atoms with Crippen molar-refractivity contribution in [3.8, 4) is 16.9 Å². The van der Waals surface area contributed by atoms with Gasteiger partial charge in [0.1, 0.15) is 5.75 Å². The summed E-state index contributed by atoms with van der Waals surface area (Å²) in [5.74, 6) is 0.294. The van der Waals surface area contributed by atoms with Gasteiger partial charge in [-0.05, 0) is 58.6 Å². The summed E-state index contributed by atoms with van der Waals surface area (Å²) in [7, 11) is 2.90. The van der Waals surface area contributed by atoms with Crippen LogP contribution in [-0.2, 0) is 6.42 Å². The van der Waals surface area contributed by atoms with Gasteiger partial charge in [-0.3, -0.25) is 0 Å². The number of rotatable bonds is 4. The first kappa shape index (κ1) is 20.9. The predicted octanol–water partition coefficient (Wildman–Crippen LogP) is 6.63. The Bertz CT molecular complexity index is 891. The summed E-state index contributed by atoms with van der Waals surface area (Å²) in [6, 6.07) is 20.3. The molecular weight excluding hydrogens is 347 g/mol. The molecule has 1 nitrogen and oxygen atoms in total. The Balaban J connectivity index is 0.00000126. The highest BCUT2D eigenvalue weighted by Crippen LogP contribution is 2.26. The molecule has 0 aliphatic rings. The van der Waals surface area contributed by atoms with Gasteiger partial charge in [0.05, 0.1) is 0 Å². The van der Waals surface area contributed by atoms with E-state index in [0.29, 0.717) is 5.75 Å². The lowest BCUT2D eigenvalue weighted by atomic mass is 9.96. The van der Waals surface area contributed by atoms with Crippen LogP contribution in [0.3, 0.4) is 0 Å². The minimum absolute atomic E-state index is 0.294. The topological polar surface area (TPSA) is 20.2 Å². The minimum Gasteiger partial charge on any atom is -0.508 e. The normalized spacial score (nSPS) is 10.6. The van der Waals surface area contributed by atoms with Crippen LogP contribution >= 0.6 is 9.24 Å². The van der Waals surface area contributed by atoms with Gasteiger partial charge in [0.2, 0.25) is 0 Å². The van der Waals surface area contributed by atoms with E-state index in [9.17, 15) is 5.11 Å². The Morgan fingerprint density at radius 1 is 0.852 bits per heavy atom. The molecule has 0 spiro atoms. The molecule has 2 heteroatoms. The minimum atomic E-state index is 0.294. The molecule has 3 aromatic carbocycles. The van der Waals surface area contributed by atoms with Crippen molar-refractivity contribution in [3.63, 3.8) is 0 Å². The van der Waals surface area contributed by atoms with Crippen LogP contribution in [0.4, 0.5) is 0 Å². The summed E-state index contributed by atoms with van der Waals surface area (Å²) in [4.78, 5) is 0. The number of hydrogen-bond donors (Lipinski definition) is 1. The van der Waals surface area contributed by atoms with E-state index >= 15 is 0 Å². The van der Waals surface area contributed by atoms with Crippen LogP contribution in [0.25, 0.3) is 23.3 Å². The Morgan fingerprint density at radius 3 is 2.07 bits per heavy atom. The van der Waals surface area contributed by atoms with E-state index in [1.165, 1.54) is 33.1 Å². The van der Waals surface area contributed by atoms with Crippen molar-refractivity contribution in [1.82, 2.24) is 0 Å². The van der Waals surface area contributed by atoms with Gasteiger partial charge >= 0.3 is 0 Å². The second-order valence-electron chi connectivity index (χ2n) is 6.24. The van der Waals surface area contributed by atoms with Crippen LogP contribution in [0.1, 0.15) is 43.0 Å². The highest BCUT2D eigenvalue weighted by Gasteiger charge is 2.09. The molecule has 1 atom stereocenters. The van der Waals surface area contributed by atoms with E-state index < -0.39 is 0 Å². The molecule has 3 rings (SSSR count). The fraction of sp³-hybridized carbons (Fsp3) is 0.200. The van der Waals surface area contributed by atoms with E-state index in [4.69, 9.17) is 0 Å². The highest BCUT2D eigenvalue weighted by molar-refractivity contribution is 7.28. The summed E-state index contributed by atoms with van der Waals surface area (Å²) in [6.07, 6.45) is 5.33. The number of phenols is 1. The van der Waals surface area contributed by atoms with E-state index in [0.717, 1.165) is 12.0 Å². The Morgan fingerprint density at radius 2 is 1.48 bits per heavy atom. The molecule has 140 valence electrons. The van der Waals surface area contributed by atoms with Gasteiger partial charge in [-0.25, -0.2) is 0 Å². The predicted molar refractivity (Wildman–Crippen MR) is 124 cm³/mol. The van der Waals surface area contributed by atoms with Crippen LogP contribution in [0, 0.1) is 6.92 Å². The molecule has 0 aliphatic heterocycles. The smallest absolute Gasteiger partial charge is 0.115 e. The molecule has 0 saturated heterocycles. The number of phenolic OH excluding ortho intramolecular Hbond substituents is 1. The van der Waals surface area contributed by atoms with Crippen LogP contribution in [0.5, 0.6) is 5.75 Å². The lowest BCUT2D eigenvalue weighted by molar-refractivity contribution is 0.475. The second-order valence-corrected chi connectivity index (χ2v) is 6.82. The average molecular weight is 376 g/mol. The molecule has 0 aromatic heterocycles. The zero-order chi connectivity index (χ0) is 19.8. The van der Waals surface area contributed by atoms with Gasteiger partial charge in [0, 0.05) is 0 Å². The lowest BCUT2D eigenvalue weighted by Crippen LogP contribution is -2.07. The summed E-state index contributed by atoms with van der Waals surface area (Å²) in [5, 5.41) is 10.7. The molecule has 0 fully saturated rings. The first-order valence-corrected chi connectivity index (χ1v) is 10.1. The third kappa shape index (κ3) is 5.31. The summed E-state index contributed by atoms with van der Waals surface area (Å²) < 4.78 is 0. The molecular formula is C25H29OP. The third-order valence-corrected chi connectivity index (χ3v) is 5.12. The molecule has 0 bridgehead atoms. The molecule has 0 heterocycles. The number of aryl methyl sites for hydroxylation is 1. The standard InChI is InChI=1S/C23H23OP.C2H6/c1-3-21-18(9-8-17-6-4-16(2)5-7-17)12-15-22(23(21)25)19-10-13-20(24)14-11-19;1-2/h4-15,24H,3,25H2,1-2H3;1-2H3/b9-8+;. The van der Waals surface area contributed by atoms with Crippen molar-refractivity contribution >= 4 is 26.7 Å². The monoisotopic (exact) mass is 376 g/mol. The Kier molecular flexibility index (Phi) is 7.82. The SMILES string of the molecule is CC.CCc1c(/C=C/c2ccc(C)cc2)ccc(-c2ccc(O)cc2)c1P. The van der Waals surface area contributed by atoms with Crippen molar-refractivity contribution in [1.29, 1.82) is 0 Å².